The van der Waals surface area contributed by atoms with Gasteiger partial charge in [0.25, 0.3) is 0 Å². The van der Waals surface area contributed by atoms with Gasteiger partial charge in [-0.3, -0.25) is 0 Å². The highest BCUT2D eigenvalue weighted by molar-refractivity contribution is 8.00. The van der Waals surface area contributed by atoms with E-state index in [-0.39, 0.29) is 16.9 Å². The third-order valence-electron chi connectivity index (χ3n) is 4.39. The zero-order valence-electron chi connectivity index (χ0n) is 12.4. The maximum Gasteiger partial charge on any atom is 0.332 e. The first kappa shape index (κ1) is 16.4. The molecule has 0 aromatic rings. The van der Waals surface area contributed by atoms with Gasteiger partial charge in [-0.25, -0.2) is 9.59 Å². The number of ether oxygens (including phenoxy) is 1. The molecule has 3 N–H and O–H groups in total. The monoisotopic (exact) mass is 316 g/mol. The van der Waals surface area contributed by atoms with E-state index >= 15 is 0 Å². The molecule has 7 heteroatoms. The Bertz CT molecular complexity index is 385. The molecule has 2 fully saturated rings. The summed E-state index contributed by atoms with van der Waals surface area (Å²) in [6, 6.07) is -0.197. The summed E-state index contributed by atoms with van der Waals surface area (Å²) in [6.07, 6.45) is 7.14. The summed E-state index contributed by atoms with van der Waals surface area (Å²) in [5, 5.41) is 14.5. The maximum absolute atomic E-state index is 11.8. The molecule has 1 saturated heterocycles. The number of carbonyl (C=O) groups excluding carboxylic acids is 1. The Balaban J connectivity index is 1.65. The summed E-state index contributed by atoms with van der Waals surface area (Å²) in [6.45, 7) is 1.05. The fraction of sp³-hybridized carbons (Fsp3) is 0.857. The highest BCUT2D eigenvalue weighted by atomic mass is 32.2. The van der Waals surface area contributed by atoms with Gasteiger partial charge in [0.2, 0.25) is 0 Å². The average molecular weight is 316 g/mol. The molecule has 0 radical (unpaired) electrons. The lowest BCUT2D eigenvalue weighted by Crippen LogP contribution is -2.45. The third kappa shape index (κ3) is 4.51. The van der Waals surface area contributed by atoms with Crippen molar-refractivity contribution in [2.45, 2.75) is 55.5 Å². The second-order valence-corrected chi connectivity index (χ2v) is 7.09. The summed E-state index contributed by atoms with van der Waals surface area (Å²) in [5.41, 5.74) is 0. The van der Waals surface area contributed by atoms with Crippen molar-refractivity contribution in [2.24, 2.45) is 0 Å². The van der Waals surface area contributed by atoms with Gasteiger partial charge >= 0.3 is 12.0 Å². The highest BCUT2D eigenvalue weighted by Gasteiger charge is 2.33. The van der Waals surface area contributed by atoms with E-state index in [4.69, 9.17) is 9.84 Å². The minimum atomic E-state index is -0.926. The van der Waals surface area contributed by atoms with Crippen molar-refractivity contribution >= 4 is 23.8 Å². The SMILES string of the molecule is CSC1(CNC(=O)NCC2CCC(C(=O)O)O2)CCCC1. The Hall–Kier alpha value is -0.950. The molecule has 1 heterocycles. The number of urea groups is 1. The largest absolute Gasteiger partial charge is 0.479 e. The second-order valence-electron chi connectivity index (χ2n) is 5.82. The predicted molar refractivity (Wildman–Crippen MR) is 81.6 cm³/mol. The Morgan fingerprint density at radius 1 is 1.29 bits per heavy atom. The van der Waals surface area contributed by atoms with Crippen LogP contribution in [-0.2, 0) is 9.53 Å². The van der Waals surface area contributed by atoms with Crippen LogP contribution in [0.1, 0.15) is 38.5 Å². The summed E-state index contributed by atoms with van der Waals surface area (Å²) >= 11 is 1.84. The Kier molecular flexibility index (Phi) is 5.75. The molecule has 21 heavy (non-hydrogen) atoms. The van der Waals surface area contributed by atoms with Crippen molar-refractivity contribution in [2.75, 3.05) is 19.3 Å². The van der Waals surface area contributed by atoms with Crippen LogP contribution >= 0.6 is 11.8 Å². The van der Waals surface area contributed by atoms with Gasteiger partial charge in [0.05, 0.1) is 6.10 Å². The van der Waals surface area contributed by atoms with Crippen molar-refractivity contribution in [3.8, 4) is 0 Å². The Morgan fingerprint density at radius 2 is 2.00 bits per heavy atom. The maximum atomic E-state index is 11.8. The van der Waals surface area contributed by atoms with Crippen molar-refractivity contribution < 1.29 is 19.4 Å². The number of aliphatic carboxylic acids is 1. The molecule has 6 nitrogen and oxygen atoms in total. The molecule has 2 aliphatic rings. The van der Waals surface area contributed by atoms with Crippen LogP contribution in [-0.4, -0.2) is 53.4 Å². The summed E-state index contributed by atoms with van der Waals surface area (Å²) < 4.78 is 5.54. The van der Waals surface area contributed by atoms with Gasteiger partial charge in [-0.05, 0) is 31.9 Å². The molecule has 2 rings (SSSR count). The van der Waals surface area contributed by atoms with E-state index in [9.17, 15) is 9.59 Å². The van der Waals surface area contributed by atoms with E-state index < -0.39 is 12.1 Å². The summed E-state index contributed by atoms with van der Waals surface area (Å²) in [4.78, 5) is 22.6. The second kappa shape index (κ2) is 7.35. The van der Waals surface area contributed by atoms with Gasteiger partial charge in [0.1, 0.15) is 0 Å². The molecular formula is C14H24N2O4S. The highest BCUT2D eigenvalue weighted by Crippen LogP contribution is 2.39. The van der Waals surface area contributed by atoms with Crippen molar-refractivity contribution in [1.82, 2.24) is 10.6 Å². The summed E-state index contributed by atoms with van der Waals surface area (Å²) in [5.74, 6) is -0.926. The number of carboxylic acid groups (broad SMARTS) is 1. The zero-order valence-corrected chi connectivity index (χ0v) is 13.2. The number of amides is 2. The Labute approximate surface area is 129 Å². The van der Waals surface area contributed by atoms with Gasteiger partial charge < -0.3 is 20.5 Å². The zero-order chi connectivity index (χ0) is 15.3. The molecule has 0 aromatic heterocycles. The number of carboxylic acids is 1. The van der Waals surface area contributed by atoms with E-state index in [1.54, 1.807) is 0 Å². The third-order valence-corrected chi connectivity index (χ3v) is 5.81. The molecule has 1 saturated carbocycles. The van der Waals surface area contributed by atoms with E-state index in [2.05, 4.69) is 16.9 Å². The number of rotatable bonds is 6. The van der Waals surface area contributed by atoms with Crippen LogP contribution in [0.25, 0.3) is 0 Å². The lowest BCUT2D eigenvalue weighted by molar-refractivity contribution is -0.149. The van der Waals surface area contributed by atoms with Gasteiger partial charge in [-0.2, -0.15) is 11.8 Å². The topological polar surface area (TPSA) is 87.7 Å². The van der Waals surface area contributed by atoms with Gasteiger partial charge in [0, 0.05) is 17.8 Å². The molecule has 0 spiro atoms. The first-order valence-corrected chi connectivity index (χ1v) is 8.72. The normalized spacial score (nSPS) is 27.5. The van der Waals surface area contributed by atoms with Crippen LogP contribution < -0.4 is 10.6 Å². The molecule has 1 aliphatic heterocycles. The first-order valence-electron chi connectivity index (χ1n) is 7.50. The van der Waals surface area contributed by atoms with Crippen LogP contribution in [0.3, 0.4) is 0 Å². The first-order chi connectivity index (χ1) is 10.0. The molecule has 1 aliphatic carbocycles. The van der Waals surface area contributed by atoms with Crippen molar-refractivity contribution in [3.63, 3.8) is 0 Å². The van der Waals surface area contributed by atoms with Crippen LogP contribution in [0.4, 0.5) is 4.79 Å². The molecule has 0 bridgehead atoms. The summed E-state index contributed by atoms with van der Waals surface area (Å²) in [7, 11) is 0. The lowest BCUT2D eigenvalue weighted by atomic mass is 10.1. The number of carbonyl (C=O) groups is 2. The minimum Gasteiger partial charge on any atom is -0.479 e. The van der Waals surface area contributed by atoms with Crippen LogP contribution in [0.2, 0.25) is 0 Å². The fourth-order valence-corrected chi connectivity index (χ4v) is 3.93. The van der Waals surface area contributed by atoms with E-state index in [1.165, 1.54) is 12.8 Å². The van der Waals surface area contributed by atoms with Gasteiger partial charge in [0.15, 0.2) is 6.10 Å². The van der Waals surface area contributed by atoms with Crippen LogP contribution in [0.5, 0.6) is 0 Å². The van der Waals surface area contributed by atoms with E-state index in [1.807, 2.05) is 11.8 Å². The predicted octanol–water partition coefficient (Wildman–Crippen LogP) is 1.59. The molecule has 120 valence electrons. The smallest absolute Gasteiger partial charge is 0.332 e. The molecule has 2 unspecified atom stereocenters. The number of thioether (sulfide) groups is 1. The van der Waals surface area contributed by atoms with Crippen molar-refractivity contribution in [3.05, 3.63) is 0 Å². The fourth-order valence-electron chi connectivity index (χ4n) is 3.02. The quantitative estimate of drug-likeness (QED) is 0.693. The van der Waals surface area contributed by atoms with Crippen LogP contribution in [0.15, 0.2) is 0 Å². The number of nitrogens with one attached hydrogen (secondary N) is 2. The number of hydrogen-bond donors (Lipinski definition) is 3. The standard InChI is InChI=1S/C14H24N2O4S/c1-21-14(6-2-3-7-14)9-16-13(19)15-8-10-4-5-11(20-10)12(17)18/h10-11H,2-9H2,1H3,(H,17,18)(H2,15,16,19). The Morgan fingerprint density at radius 3 is 2.57 bits per heavy atom. The van der Waals surface area contributed by atoms with E-state index in [0.29, 0.717) is 25.9 Å². The van der Waals surface area contributed by atoms with Crippen molar-refractivity contribution in [1.29, 1.82) is 0 Å². The number of hydrogen-bond acceptors (Lipinski definition) is 4. The van der Waals surface area contributed by atoms with Crippen LogP contribution in [0, 0.1) is 0 Å². The average Bonchev–Trinajstić information content (AvgIpc) is 3.12. The van der Waals surface area contributed by atoms with Gasteiger partial charge in [-0.15, -0.1) is 0 Å². The molecule has 2 amide bonds. The lowest BCUT2D eigenvalue weighted by Gasteiger charge is -2.27. The molecular weight excluding hydrogens is 292 g/mol. The molecule has 2 atom stereocenters. The minimum absolute atomic E-state index is 0.190. The van der Waals surface area contributed by atoms with Gasteiger partial charge in [-0.1, -0.05) is 12.8 Å². The van der Waals surface area contributed by atoms with E-state index in [0.717, 1.165) is 12.8 Å². The molecule has 0 aromatic carbocycles.